The van der Waals surface area contributed by atoms with Crippen LogP contribution in [0.5, 0.6) is 0 Å². The summed E-state index contributed by atoms with van der Waals surface area (Å²) < 4.78 is 25.2. The largest absolute Gasteiger partial charge is 0.545 e. The van der Waals surface area contributed by atoms with E-state index in [-0.39, 0.29) is 26.6 Å². The van der Waals surface area contributed by atoms with Crippen LogP contribution in [0.15, 0.2) is 82.6 Å². The number of benzene rings is 3. The van der Waals surface area contributed by atoms with Gasteiger partial charge in [-0.25, -0.2) is 8.42 Å². The SMILES string of the molecule is O=C(Nc1ccccc1C(=O)[O-])c1ccc(S(=O)(=O)c2ccc(Cl)cc2)cc1. The molecular weight excluding hydrogens is 402 g/mol. The highest BCUT2D eigenvalue weighted by atomic mass is 35.5. The molecule has 1 amide bonds. The van der Waals surface area contributed by atoms with E-state index in [1.807, 2.05) is 0 Å². The van der Waals surface area contributed by atoms with Crippen molar-refractivity contribution >= 4 is 39.0 Å². The number of hydrogen-bond donors (Lipinski definition) is 1. The molecule has 8 heteroatoms. The first-order valence-corrected chi connectivity index (χ1v) is 9.87. The zero-order valence-electron chi connectivity index (χ0n) is 14.3. The minimum absolute atomic E-state index is 0.0153. The summed E-state index contributed by atoms with van der Waals surface area (Å²) in [5.41, 5.74) is 0.103. The van der Waals surface area contributed by atoms with Gasteiger partial charge >= 0.3 is 0 Å². The molecule has 0 heterocycles. The minimum Gasteiger partial charge on any atom is -0.545 e. The van der Waals surface area contributed by atoms with E-state index in [1.165, 1.54) is 66.7 Å². The predicted octanol–water partition coefficient (Wildman–Crippen LogP) is 2.79. The normalized spacial score (nSPS) is 11.0. The van der Waals surface area contributed by atoms with Crippen LogP contribution in [0.1, 0.15) is 20.7 Å². The summed E-state index contributed by atoms with van der Waals surface area (Å²) in [6.07, 6.45) is 0. The van der Waals surface area contributed by atoms with E-state index in [0.29, 0.717) is 5.02 Å². The van der Waals surface area contributed by atoms with Crippen LogP contribution in [0, 0.1) is 0 Å². The average molecular weight is 415 g/mol. The Morgan fingerprint density at radius 3 is 1.93 bits per heavy atom. The molecule has 0 aliphatic carbocycles. The lowest BCUT2D eigenvalue weighted by Gasteiger charge is -2.12. The fourth-order valence-electron chi connectivity index (χ4n) is 2.50. The van der Waals surface area contributed by atoms with Gasteiger partial charge in [-0.2, -0.15) is 0 Å². The third kappa shape index (κ3) is 4.05. The maximum atomic E-state index is 12.6. The molecule has 0 saturated carbocycles. The second-order valence-corrected chi connectivity index (χ2v) is 8.16. The Labute approximate surface area is 166 Å². The fourth-order valence-corrected chi connectivity index (χ4v) is 3.89. The first-order valence-electron chi connectivity index (χ1n) is 8.01. The van der Waals surface area contributed by atoms with E-state index in [4.69, 9.17) is 11.6 Å². The quantitative estimate of drug-likeness (QED) is 0.691. The zero-order valence-corrected chi connectivity index (χ0v) is 15.8. The summed E-state index contributed by atoms with van der Waals surface area (Å²) in [5, 5.41) is 14.0. The smallest absolute Gasteiger partial charge is 0.255 e. The molecule has 0 bridgehead atoms. The number of hydrogen-bond acceptors (Lipinski definition) is 5. The lowest BCUT2D eigenvalue weighted by atomic mass is 10.1. The lowest BCUT2D eigenvalue weighted by molar-refractivity contribution is -0.254. The molecule has 3 rings (SSSR count). The van der Waals surface area contributed by atoms with Crippen molar-refractivity contribution in [2.45, 2.75) is 9.79 Å². The van der Waals surface area contributed by atoms with E-state index < -0.39 is 21.7 Å². The summed E-state index contributed by atoms with van der Waals surface area (Å²) in [5.74, 6) is -2.00. The molecule has 0 aromatic heterocycles. The standard InChI is InChI=1S/C20H14ClNO5S/c21-14-7-11-16(12-8-14)28(26,27)15-9-5-13(6-10-15)19(23)22-18-4-2-1-3-17(18)20(24)25/h1-12H,(H,22,23)(H,24,25)/p-1. The molecular formula is C20H13ClNO5S-. The number of carbonyl (C=O) groups is 2. The number of carboxylic acid groups (broad SMARTS) is 1. The third-order valence-electron chi connectivity index (χ3n) is 3.95. The van der Waals surface area contributed by atoms with Crippen molar-refractivity contribution in [2.75, 3.05) is 5.32 Å². The highest BCUT2D eigenvalue weighted by Gasteiger charge is 2.18. The summed E-state index contributed by atoms with van der Waals surface area (Å²) in [7, 11) is -3.75. The first kappa shape index (κ1) is 19.6. The highest BCUT2D eigenvalue weighted by Crippen LogP contribution is 2.23. The number of anilines is 1. The number of carboxylic acids is 1. The molecule has 142 valence electrons. The Morgan fingerprint density at radius 2 is 1.36 bits per heavy atom. The van der Waals surface area contributed by atoms with Crippen molar-refractivity contribution < 1.29 is 23.1 Å². The Balaban J connectivity index is 1.84. The molecule has 3 aromatic rings. The number of aromatic carboxylic acids is 1. The van der Waals surface area contributed by atoms with Crippen LogP contribution >= 0.6 is 11.6 Å². The molecule has 0 fully saturated rings. The van der Waals surface area contributed by atoms with Gasteiger partial charge in [0.15, 0.2) is 0 Å². The van der Waals surface area contributed by atoms with Gasteiger partial charge in [0.25, 0.3) is 5.91 Å². The van der Waals surface area contributed by atoms with Gasteiger partial charge in [-0.3, -0.25) is 4.79 Å². The number of rotatable bonds is 5. The summed E-state index contributed by atoms with van der Waals surface area (Å²) in [6, 6.07) is 16.9. The Bertz CT molecular complexity index is 1140. The van der Waals surface area contributed by atoms with Gasteiger partial charge in [-0.15, -0.1) is 0 Å². The fraction of sp³-hybridized carbons (Fsp3) is 0. The van der Waals surface area contributed by atoms with Gasteiger partial charge in [-0.1, -0.05) is 29.8 Å². The maximum absolute atomic E-state index is 12.6. The Kier molecular flexibility index (Phi) is 5.48. The number of halogens is 1. The van der Waals surface area contributed by atoms with Gasteiger partial charge in [0, 0.05) is 16.1 Å². The monoisotopic (exact) mass is 414 g/mol. The molecule has 0 radical (unpaired) electrons. The van der Waals surface area contributed by atoms with Crippen molar-refractivity contribution in [3.05, 3.63) is 88.9 Å². The second-order valence-electron chi connectivity index (χ2n) is 5.77. The van der Waals surface area contributed by atoms with E-state index >= 15 is 0 Å². The van der Waals surface area contributed by atoms with Crippen LogP contribution in [0.3, 0.4) is 0 Å². The molecule has 0 aliphatic heterocycles. The molecule has 1 N–H and O–H groups in total. The highest BCUT2D eigenvalue weighted by molar-refractivity contribution is 7.91. The molecule has 0 unspecified atom stereocenters. The van der Waals surface area contributed by atoms with Crippen LogP contribution in [-0.4, -0.2) is 20.3 Å². The maximum Gasteiger partial charge on any atom is 0.255 e. The Hall–Kier alpha value is -3.16. The molecule has 0 atom stereocenters. The van der Waals surface area contributed by atoms with E-state index in [1.54, 1.807) is 6.07 Å². The van der Waals surface area contributed by atoms with Crippen LogP contribution in [0.2, 0.25) is 5.02 Å². The second kappa shape index (κ2) is 7.84. The number of nitrogens with one attached hydrogen (secondary N) is 1. The number of sulfone groups is 1. The minimum atomic E-state index is -3.75. The van der Waals surface area contributed by atoms with Crippen LogP contribution in [-0.2, 0) is 9.84 Å². The number of para-hydroxylation sites is 1. The van der Waals surface area contributed by atoms with Crippen LogP contribution < -0.4 is 10.4 Å². The Morgan fingerprint density at radius 1 is 0.821 bits per heavy atom. The van der Waals surface area contributed by atoms with Crippen molar-refractivity contribution in [2.24, 2.45) is 0 Å². The van der Waals surface area contributed by atoms with Crippen LogP contribution in [0.25, 0.3) is 0 Å². The van der Waals surface area contributed by atoms with Crippen molar-refractivity contribution in [1.29, 1.82) is 0 Å². The van der Waals surface area contributed by atoms with Crippen LogP contribution in [0.4, 0.5) is 5.69 Å². The van der Waals surface area contributed by atoms with Gasteiger partial charge < -0.3 is 15.2 Å². The summed E-state index contributed by atoms with van der Waals surface area (Å²) >= 11 is 5.78. The van der Waals surface area contributed by atoms with Gasteiger partial charge in [0.2, 0.25) is 9.84 Å². The molecule has 28 heavy (non-hydrogen) atoms. The van der Waals surface area contributed by atoms with Crippen molar-refractivity contribution in [3.8, 4) is 0 Å². The molecule has 0 saturated heterocycles. The molecule has 0 spiro atoms. The van der Waals surface area contributed by atoms with Gasteiger partial charge in [0.05, 0.1) is 21.4 Å². The van der Waals surface area contributed by atoms with Crippen molar-refractivity contribution in [3.63, 3.8) is 0 Å². The van der Waals surface area contributed by atoms with E-state index in [2.05, 4.69) is 5.32 Å². The lowest BCUT2D eigenvalue weighted by Crippen LogP contribution is -2.24. The van der Waals surface area contributed by atoms with Gasteiger partial charge in [-0.05, 0) is 54.6 Å². The molecule has 3 aromatic carbocycles. The zero-order chi connectivity index (χ0) is 20.3. The third-order valence-corrected chi connectivity index (χ3v) is 5.98. The van der Waals surface area contributed by atoms with E-state index in [9.17, 15) is 23.1 Å². The summed E-state index contributed by atoms with van der Waals surface area (Å²) in [6.45, 7) is 0. The molecule has 0 aliphatic rings. The predicted molar refractivity (Wildman–Crippen MR) is 102 cm³/mol. The van der Waals surface area contributed by atoms with Crippen molar-refractivity contribution in [1.82, 2.24) is 0 Å². The number of amides is 1. The summed E-state index contributed by atoms with van der Waals surface area (Å²) in [4.78, 5) is 23.6. The average Bonchev–Trinajstić information content (AvgIpc) is 2.68. The van der Waals surface area contributed by atoms with Gasteiger partial charge in [0.1, 0.15) is 0 Å². The number of carbonyl (C=O) groups excluding carboxylic acids is 2. The van der Waals surface area contributed by atoms with E-state index in [0.717, 1.165) is 0 Å². The topological polar surface area (TPSA) is 103 Å². The first-order chi connectivity index (χ1) is 13.3. The molecule has 6 nitrogen and oxygen atoms in total.